The Labute approximate surface area is 153 Å². The molecule has 0 bridgehead atoms. The molecule has 6 nitrogen and oxygen atoms in total. The molecule has 0 saturated carbocycles. The maximum absolute atomic E-state index is 12.0. The first-order chi connectivity index (χ1) is 12.3. The highest BCUT2D eigenvalue weighted by Crippen LogP contribution is 2.12. The van der Waals surface area contributed by atoms with Crippen LogP contribution in [-0.4, -0.2) is 33.2 Å². The minimum absolute atomic E-state index is 0.0957. The van der Waals surface area contributed by atoms with Crippen LogP contribution in [0.1, 0.15) is 28.4 Å². The summed E-state index contributed by atoms with van der Waals surface area (Å²) < 4.78 is 27.5. The summed E-state index contributed by atoms with van der Waals surface area (Å²) in [6.07, 6.45) is 2.00. The van der Waals surface area contributed by atoms with Crippen LogP contribution in [0.25, 0.3) is 0 Å². The van der Waals surface area contributed by atoms with Crippen molar-refractivity contribution >= 4 is 27.4 Å². The highest BCUT2D eigenvalue weighted by Gasteiger charge is 2.11. The van der Waals surface area contributed by atoms with Crippen molar-refractivity contribution in [3.8, 4) is 0 Å². The maximum atomic E-state index is 12.0. The zero-order valence-corrected chi connectivity index (χ0v) is 15.5. The monoisotopic (exact) mass is 375 g/mol. The standard InChI is InChI=1S/C19H21NO5S/c1-3-14-5-4-6-17(11-14)20-18(21)12-25-19(22)16-9-7-15(8-10-16)13-26(2,23)24/h4-11H,3,12-13H2,1-2H3,(H,20,21). The summed E-state index contributed by atoms with van der Waals surface area (Å²) in [5.41, 5.74) is 2.57. The summed E-state index contributed by atoms with van der Waals surface area (Å²) in [5, 5.41) is 2.68. The van der Waals surface area contributed by atoms with Crippen LogP contribution in [0.15, 0.2) is 48.5 Å². The Kier molecular flexibility index (Phi) is 6.52. The van der Waals surface area contributed by atoms with Crippen molar-refractivity contribution in [1.82, 2.24) is 0 Å². The van der Waals surface area contributed by atoms with E-state index in [2.05, 4.69) is 5.32 Å². The highest BCUT2D eigenvalue weighted by molar-refractivity contribution is 7.89. The fourth-order valence-electron chi connectivity index (χ4n) is 2.32. The van der Waals surface area contributed by atoms with Gasteiger partial charge in [-0.3, -0.25) is 4.79 Å². The number of carbonyl (C=O) groups excluding carboxylic acids is 2. The van der Waals surface area contributed by atoms with Crippen LogP contribution in [0.3, 0.4) is 0 Å². The number of anilines is 1. The molecule has 0 aliphatic heterocycles. The number of hydrogen-bond acceptors (Lipinski definition) is 5. The van der Waals surface area contributed by atoms with Crippen molar-refractivity contribution in [3.63, 3.8) is 0 Å². The van der Waals surface area contributed by atoms with Crippen molar-refractivity contribution in [2.75, 3.05) is 18.2 Å². The van der Waals surface area contributed by atoms with Gasteiger partial charge < -0.3 is 10.1 Å². The number of rotatable bonds is 7. The summed E-state index contributed by atoms with van der Waals surface area (Å²) in [5.74, 6) is -1.17. The van der Waals surface area contributed by atoms with Gasteiger partial charge in [-0.25, -0.2) is 13.2 Å². The normalized spacial score (nSPS) is 11.0. The van der Waals surface area contributed by atoms with Gasteiger partial charge in [0.15, 0.2) is 16.4 Å². The number of nitrogens with one attached hydrogen (secondary N) is 1. The lowest BCUT2D eigenvalue weighted by Gasteiger charge is -2.08. The zero-order chi connectivity index (χ0) is 19.2. The molecule has 0 aromatic heterocycles. The van der Waals surface area contributed by atoms with Gasteiger partial charge in [-0.1, -0.05) is 31.2 Å². The second-order valence-electron chi connectivity index (χ2n) is 5.95. The first kappa shape index (κ1) is 19.7. The van der Waals surface area contributed by atoms with Crippen molar-refractivity contribution in [3.05, 3.63) is 65.2 Å². The van der Waals surface area contributed by atoms with E-state index in [1.165, 1.54) is 12.1 Å². The number of hydrogen-bond donors (Lipinski definition) is 1. The van der Waals surface area contributed by atoms with E-state index in [0.29, 0.717) is 11.3 Å². The van der Waals surface area contributed by atoms with E-state index in [4.69, 9.17) is 4.74 Å². The highest BCUT2D eigenvalue weighted by atomic mass is 32.2. The first-order valence-corrected chi connectivity index (χ1v) is 10.2. The van der Waals surface area contributed by atoms with Gasteiger partial charge in [-0.15, -0.1) is 0 Å². The summed E-state index contributed by atoms with van der Waals surface area (Å²) >= 11 is 0. The third kappa shape index (κ3) is 6.33. The van der Waals surface area contributed by atoms with Crippen molar-refractivity contribution in [2.45, 2.75) is 19.1 Å². The molecule has 0 fully saturated rings. The summed E-state index contributed by atoms with van der Waals surface area (Å²) in [6.45, 7) is 1.62. The number of benzene rings is 2. The molecule has 2 aromatic rings. The number of amides is 1. The number of ether oxygens (including phenoxy) is 1. The predicted octanol–water partition coefficient (Wildman–Crippen LogP) is 2.59. The van der Waals surface area contributed by atoms with Gasteiger partial charge in [0.05, 0.1) is 11.3 Å². The van der Waals surface area contributed by atoms with E-state index in [9.17, 15) is 18.0 Å². The van der Waals surface area contributed by atoms with Crippen LogP contribution in [0.2, 0.25) is 0 Å². The SMILES string of the molecule is CCc1cccc(NC(=O)COC(=O)c2ccc(CS(C)(=O)=O)cc2)c1. The minimum Gasteiger partial charge on any atom is -0.452 e. The topological polar surface area (TPSA) is 89.5 Å². The van der Waals surface area contributed by atoms with Crippen molar-refractivity contribution in [1.29, 1.82) is 0 Å². The van der Waals surface area contributed by atoms with Gasteiger partial charge >= 0.3 is 5.97 Å². The van der Waals surface area contributed by atoms with Gasteiger partial charge in [0.25, 0.3) is 5.91 Å². The van der Waals surface area contributed by atoms with Gasteiger partial charge in [-0.2, -0.15) is 0 Å². The van der Waals surface area contributed by atoms with Crippen LogP contribution >= 0.6 is 0 Å². The van der Waals surface area contributed by atoms with E-state index < -0.39 is 28.3 Å². The Morgan fingerprint density at radius 1 is 1.04 bits per heavy atom. The molecule has 0 spiro atoms. The summed E-state index contributed by atoms with van der Waals surface area (Å²) in [4.78, 5) is 23.9. The van der Waals surface area contributed by atoms with Gasteiger partial charge in [0, 0.05) is 11.9 Å². The molecule has 2 aromatic carbocycles. The molecular formula is C19H21NO5S. The fourth-order valence-corrected chi connectivity index (χ4v) is 3.12. The second-order valence-corrected chi connectivity index (χ2v) is 8.09. The van der Waals surface area contributed by atoms with E-state index in [-0.39, 0.29) is 11.3 Å². The molecular weight excluding hydrogens is 354 g/mol. The molecule has 0 saturated heterocycles. The largest absolute Gasteiger partial charge is 0.452 e. The van der Waals surface area contributed by atoms with E-state index in [1.807, 2.05) is 25.1 Å². The van der Waals surface area contributed by atoms with Crippen LogP contribution in [0, 0.1) is 0 Å². The Morgan fingerprint density at radius 2 is 1.73 bits per heavy atom. The Hall–Kier alpha value is -2.67. The Morgan fingerprint density at radius 3 is 2.35 bits per heavy atom. The third-order valence-corrected chi connectivity index (χ3v) is 4.43. The minimum atomic E-state index is -3.14. The lowest BCUT2D eigenvalue weighted by Crippen LogP contribution is -2.21. The third-order valence-electron chi connectivity index (χ3n) is 3.57. The zero-order valence-electron chi connectivity index (χ0n) is 14.7. The number of carbonyl (C=O) groups is 2. The Bertz CT molecular complexity index is 888. The van der Waals surface area contributed by atoms with Crippen LogP contribution in [0.4, 0.5) is 5.69 Å². The molecule has 1 N–H and O–H groups in total. The molecule has 0 heterocycles. The van der Waals surface area contributed by atoms with E-state index >= 15 is 0 Å². The van der Waals surface area contributed by atoms with Gasteiger partial charge in [0.2, 0.25) is 0 Å². The van der Waals surface area contributed by atoms with E-state index in [0.717, 1.165) is 18.2 Å². The molecule has 7 heteroatoms. The quantitative estimate of drug-likeness (QED) is 0.752. The molecule has 2 rings (SSSR count). The lowest BCUT2D eigenvalue weighted by atomic mass is 10.1. The van der Waals surface area contributed by atoms with Crippen LogP contribution in [-0.2, 0) is 31.5 Å². The smallest absolute Gasteiger partial charge is 0.338 e. The molecule has 0 unspecified atom stereocenters. The number of sulfone groups is 1. The maximum Gasteiger partial charge on any atom is 0.338 e. The molecule has 1 amide bonds. The van der Waals surface area contributed by atoms with Crippen LogP contribution in [0.5, 0.6) is 0 Å². The van der Waals surface area contributed by atoms with Crippen molar-refractivity contribution < 1.29 is 22.7 Å². The molecule has 0 radical (unpaired) electrons. The summed E-state index contributed by atoms with van der Waals surface area (Å²) in [7, 11) is -3.14. The van der Waals surface area contributed by atoms with Crippen molar-refractivity contribution in [2.24, 2.45) is 0 Å². The van der Waals surface area contributed by atoms with E-state index in [1.54, 1.807) is 18.2 Å². The fraction of sp³-hybridized carbons (Fsp3) is 0.263. The van der Waals surface area contributed by atoms with Crippen LogP contribution < -0.4 is 5.32 Å². The average molecular weight is 375 g/mol. The molecule has 0 atom stereocenters. The predicted molar refractivity (Wildman–Crippen MR) is 99.7 cm³/mol. The Balaban J connectivity index is 1.88. The average Bonchev–Trinajstić information content (AvgIpc) is 2.59. The second kappa shape index (κ2) is 8.62. The molecule has 138 valence electrons. The van der Waals surface area contributed by atoms with Gasteiger partial charge in [-0.05, 0) is 41.8 Å². The van der Waals surface area contributed by atoms with Gasteiger partial charge in [0.1, 0.15) is 0 Å². The molecule has 26 heavy (non-hydrogen) atoms. The number of aryl methyl sites for hydroxylation is 1. The molecule has 0 aliphatic carbocycles. The first-order valence-electron chi connectivity index (χ1n) is 8.09. The number of esters is 1. The molecule has 0 aliphatic rings. The summed E-state index contributed by atoms with van der Waals surface area (Å²) in [6, 6.07) is 13.5. The lowest BCUT2D eigenvalue weighted by molar-refractivity contribution is -0.119.